The standard InChI is InChI=1S/C22H29N7O4S/c1-27-5-4-15-9-20(32-2)19(8-16(15)12-27)25-22-23-10-17-11-24-29(21(17)26-22)14-18-13-28(6-7-33-18)34(3,30)31/h8-11,18H,4-7,12-14H2,1-3H3,(H,23,25,26)/t18-/m1/s1. The fourth-order valence-electron chi connectivity index (χ4n) is 4.47. The van der Waals surface area contributed by atoms with Crippen LogP contribution in [0.2, 0.25) is 0 Å². The highest BCUT2D eigenvalue weighted by atomic mass is 32.2. The molecule has 0 amide bonds. The Morgan fingerprint density at radius 2 is 2.09 bits per heavy atom. The highest BCUT2D eigenvalue weighted by molar-refractivity contribution is 7.88. The largest absolute Gasteiger partial charge is 0.495 e. The number of fused-ring (bicyclic) bond motifs is 2. The fourth-order valence-corrected chi connectivity index (χ4v) is 5.32. The third-order valence-corrected chi connectivity index (χ3v) is 7.56. The molecule has 0 unspecified atom stereocenters. The number of nitrogens with one attached hydrogen (secondary N) is 1. The molecule has 2 aliphatic heterocycles. The lowest BCUT2D eigenvalue weighted by molar-refractivity contribution is -0.0112. The lowest BCUT2D eigenvalue weighted by Crippen LogP contribution is -2.46. The Hall–Kier alpha value is -2.80. The van der Waals surface area contributed by atoms with Crippen molar-refractivity contribution in [1.29, 1.82) is 0 Å². The predicted octanol–water partition coefficient (Wildman–Crippen LogP) is 1.23. The molecule has 0 bridgehead atoms. The third-order valence-electron chi connectivity index (χ3n) is 6.30. The van der Waals surface area contributed by atoms with Gasteiger partial charge >= 0.3 is 0 Å². The van der Waals surface area contributed by atoms with Gasteiger partial charge in [-0.2, -0.15) is 14.4 Å². The zero-order chi connectivity index (χ0) is 23.9. The SMILES string of the molecule is COc1cc2c(cc1Nc1ncc3cnn(C[C@H]4CN(S(C)(=O)=O)CCO4)c3n1)CN(C)CC2. The van der Waals surface area contributed by atoms with Gasteiger partial charge in [0.25, 0.3) is 0 Å². The molecule has 0 saturated carbocycles. The Morgan fingerprint density at radius 1 is 1.24 bits per heavy atom. The quantitative estimate of drug-likeness (QED) is 0.548. The maximum Gasteiger partial charge on any atom is 0.229 e. The second-order valence-corrected chi connectivity index (χ2v) is 10.8. The Morgan fingerprint density at radius 3 is 2.88 bits per heavy atom. The Labute approximate surface area is 198 Å². The van der Waals surface area contributed by atoms with Crippen LogP contribution in [-0.2, 0) is 34.3 Å². The van der Waals surface area contributed by atoms with Gasteiger partial charge in [-0.05, 0) is 36.7 Å². The maximum absolute atomic E-state index is 11.9. The van der Waals surface area contributed by atoms with Gasteiger partial charge in [0.15, 0.2) is 5.65 Å². The molecule has 3 aromatic rings. The minimum Gasteiger partial charge on any atom is -0.495 e. The molecule has 0 spiro atoms. The van der Waals surface area contributed by atoms with Crippen molar-refractivity contribution in [2.45, 2.75) is 25.6 Å². The summed E-state index contributed by atoms with van der Waals surface area (Å²) in [5, 5.41) is 8.53. The monoisotopic (exact) mass is 487 g/mol. The molecule has 0 aliphatic carbocycles. The topological polar surface area (TPSA) is 115 Å². The van der Waals surface area contributed by atoms with Crippen molar-refractivity contribution < 1.29 is 17.9 Å². The van der Waals surface area contributed by atoms with Crippen molar-refractivity contribution in [1.82, 2.24) is 29.0 Å². The lowest BCUT2D eigenvalue weighted by atomic mass is 9.99. The van der Waals surface area contributed by atoms with Gasteiger partial charge in [-0.3, -0.25) is 0 Å². The van der Waals surface area contributed by atoms with Crippen molar-refractivity contribution in [3.63, 3.8) is 0 Å². The summed E-state index contributed by atoms with van der Waals surface area (Å²) in [5.41, 5.74) is 4.01. The van der Waals surface area contributed by atoms with Gasteiger partial charge in [0.05, 0.1) is 49.9 Å². The van der Waals surface area contributed by atoms with Crippen molar-refractivity contribution in [3.05, 3.63) is 35.7 Å². The summed E-state index contributed by atoms with van der Waals surface area (Å²) in [6.45, 7) is 3.30. The summed E-state index contributed by atoms with van der Waals surface area (Å²) in [6, 6.07) is 4.19. The average molecular weight is 488 g/mol. The van der Waals surface area contributed by atoms with E-state index in [-0.39, 0.29) is 12.6 Å². The Bertz CT molecular complexity index is 1310. The molecule has 1 fully saturated rings. The molecule has 1 atom stereocenters. The first-order chi connectivity index (χ1) is 16.3. The van der Waals surface area contributed by atoms with Gasteiger partial charge in [-0.1, -0.05) is 0 Å². The summed E-state index contributed by atoms with van der Waals surface area (Å²) >= 11 is 0. The second kappa shape index (κ2) is 9.10. The summed E-state index contributed by atoms with van der Waals surface area (Å²) in [6.07, 6.45) is 5.32. The smallest absolute Gasteiger partial charge is 0.229 e. The molecule has 5 rings (SSSR count). The van der Waals surface area contributed by atoms with E-state index < -0.39 is 10.0 Å². The first kappa shape index (κ1) is 23.0. The number of aromatic nitrogens is 4. The van der Waals surface area contributed by atoms with Crippen LogP contribution in [0.25, 0.3) is 11.0 Å². The zero-order valence-electron chi connectivity index (χ0n) is 19.6. The van der Waals surface area contributed by atoms with Crippen LogP contribution < -0.4 is 10.1 Å². The number of anilines is 2. The van der Waals surface area contributed by atoms with Gasteiger partial charge in [-0.25, -0.2) is 18.1 Å². The van der Waals surface area contributed by atoms with Crippen LogP contribution in [0.15, 0.2) is 24.5 Å². The van der Waals surface area contributed by atoms with E-state index in [0.717, 1.165) is 36.3 Å². The van der Waals surface area contributed by atoms with E-state index >= 15 is 0 Å². The van der Waals surface area contributed by atoms with E-state index in [4.69, 9.17) is 14.5 Å². The Kier molecular flexibility index (Phi) is 6.15. The van der Waals surface area contributed by atoms with Crippen LogP contribution >= 0.6 is 0 Å². The minimum atomic E-state index is -3.27. The van der Waals surface area contributed by atoms with Crippen LogP contribution in [0.4, 0.5) is 11.6 Å². The van der Waals surface area contributed by atoms with Gasteiger partial charge in [0.2, 0.25) is 16.0 Å². The second-order valence-electron chi connectivity index (χ2n) is 8.85. The summed E-state index contributed by atoms with van der Waals surface area (Å²) < 4.78 is 38.5. The van der Waals surface area contributed by atoms with Gasteiger partial charge < -0.3 is 19.7 Å². The van der Waals surface area contributed by atoms with Crippen molar-refractivity contribution >= 4 is 32.7 Å². The molecule has 2 aromatic heterocycles. The van der Waals surface area contributed by atoms with Crippen LogP contribution in [0.1, 0.15) is 11.1 Å². The van der Waals surface area contributed by atoms with Gasteiger partial charge in [-0.15, -0.1) is 0 Å². The summed E-state index contributed by atoms with van der Waals surface area (Å²) in [7, 11) is 0.507. The molecular formula is C22H29N7O4S. The molecule has 2 aliphatic rings. The zero-order valence-corrected chi connectivity index (χ0v) is 20.4. The fraction of sp³-hybridized carbons (Fsp3) is 0.500. The van der Waals surface area contributed by atoms with Gasteiger partial charge in [0, 0.05) is 32.4 Å². The molecule has 0 radical (unpaired) electrons. The maximum atomic E-state index is 11.9. The van der Waals surface area contributed by atoms with Crippen LogP contribution in [0, 0.1) is 0 Å². The van der Waals surface area contributed by atoms with Crippen molar-refractivity contribution in [2.75, 3.05) is 52.0 Å². The van der Waals surface area contributed by atoms with E-state index in [1.165, 1.54) is 21.7 Å². The number of nitrogens with zero attached hydrogens (tertiary/aromatic N) is 6. The molecule has 34 heavy (non-hydrogen) atoms. The average Bonchev–Trinajstić information content (AvgIpc) is 3.20. The van der Waals surface area contributed by atoms with E-state index in [1.54, 1.807) is 24.2 Å². The molecule has 182 valence electrons. The molecule has 1 N–H and O–H groups in total. The molecule has 1 aromatic carbocycles. The van der Waals surface area contributed by atoms with E-state index in [9.17, 15) is 8.42 Å². The van der Waals surface area contributed by atoms with E-state index in [2.05, 4.69) is 39.5 Å². The highest BCUT2D eigenvalue weighted by Gasteiger charge is 2.27. The van der Waals surface area contributed by atoms with Crippen molar-refractivity contribution in [3.8, 4) is 5.75 Å². The number of ether oxygens (including phenoxy) is 2. The van der Waals surface area contributed by atoms with Crippen LogP contribution in [0.3, 0.4) is 0 Å². The number of sulfonamides is 1. The first-order valence-electron chi connectivity index (χ1n) is 11.2. The number of hydrogen-bond acceptors (Lipinski definition) is 9. The molecule has 11 nitrogen and oxygen atoms in total. The number of methoxy groups -OCH3 is 1. The Balaban J connectivity index is 1.39. The first-order valence-corrected chi connectivity index (χ1v) is 13.1. The molecular weight excluding hydrogens is 458 g/mol. The molecule has 12 heteroatoms. The predicted molar refractivity (Wildman–Crippen MR) is 128 cm³/mol. The van der Waals surface area contributed by atoms with E-state index in [0.29, 0.717) is 31.3 Å². The van der Waals surface area contributed by atoms with E-state index in [1.807, 2.05) is 0 Å². The third kappa shape index (κ3) is 4.71. The summed E-state index contributed by atoms with van der Waals surface area (Å²) in [4.78, 5) is 11.4. The number of hydrogen-bond donors (Lipinski definition) is 1. The van der Waals surface area contributed by atoms with Gasteiger partial charge in [0.1, 0.15) is 5.75 Å². The van der Waals surface area contributed by atoms with Crippen LogP contribution in [-0.4, -0.2) is 90.1 Å². The number of rotatable bonds is 6. The number of likely N-dealkylation sites (N-methyl/N-ethyl adjacent to an activating group) is 1. The lowest BCUT2D eigenvalue weighted by Gasteiger charge is -2.31. The minimum absolute atomic E-state index is 0.289. The summed E-state index contributed by atoms with van der Waals surface area (Å²) in [5.74, 6) is 1.18. The highest BCUT2D eigenvalue weighted by Crippen LogP contribution is 2.33. The normalized spacial score (nSPS) is 19.8. The van der Waals surface area contributed by atoms with Crippen molar-refractivity contribution in [2.24, 2.45) is 0 Å². The number of benzene rings is 1. The molecule has 1 saturated heterocycles. The van der Waals surface area contributed by atoms with Crippen LogP contribution in [0.5, 0.6) is 5.75 Å². The molecule has 4 heterocycles. The number of morpholine rings is 1.